The van der Waals surface area contributed by atoms with Crippen molar-refractivity contribution >= 4 is 5.91 Å². The predicted octanol–water partition coefficient (Wildman–Crippen LogP) is 2.78. The summed E-state index contributed by atoms with van der Waals surface area (Å²) in [5, 5.41) is 4.37. The van der Waals surface area contributed by atoms with Crippen LogP contribution in [-0.2, 0) is 11.8 Å². The van der Waals surface area contributed by atoms with E-state index in [0.29, 0.717) is 18.2 Å². The van der Waals surface area contributed by atoms with Crippen LogP contribution in [0.1, 0.15) is 63.4 Å². The van der Waals surface area contributed by atoms with Crippen molar-refractivity contribution in [2.24, 2.45) is 13.0 Å². The normalized spacial score (nSPS) is 27.7. The van der Waals surface area contributed by atoms with Crippen LogP contribution in [0.25, 0.3) is 0 Å². The Morgan fingerprint density at radius 1 is 1.24 bits per heavy atom. The molecule has 3 aliphatic rings. The van der Waals surface area contributed by atoms with Crippen LogP contribution in [-0.4, -0.2) is 57.2 Å². The fraction of sp³-hybridized carbons (Fsp3) is 0.800. The van der Waals surface area contributed by atoms with E-state index in [2.05, 4.69) is 28.0 Å². The van der Waals surface area contributed by atoms with Gasteiger partial charge in [-0.05, 0) is 44.1 Å². The zero-order valence-electron chi connectivity index (χ0n) is 15.8. The van der Waals surface area contributed by atoms with Crippen molar-refractivity contribution in [1.82, 2.24) is 19.6 Å². The number of likely N-dealkylation sites (tertiary alicyclic amines) is 2. The molecule has 0 N–H and O–H groups in total. The van der Waals surface area contributed by atoms with Gasteiger partial charge in [0.15, 0.2) is 0 Å². The Labute approximate surface area is 151 Å². The summed E-state index contributed by atoms with van der Waals surface area (Å²) in [6.07, 6.45) is 12.6. The third-order valence-corrected chi connectivity index (χ3v) is 7.02. The fourth-order valence-corrected chi connectivity index (χ4v) is 5.75. The van der Waals surface area contributed by atoms with Gasteiger partial charge >= 0.3 is 0 Å². The van der Waals surface area contributed by atoms with Crippen molar-refractivity contribution in [3.05, 3.63) is 18.0 Å². The van der Waals surface area contributed by atoms with E-state index in [-0.39, 0.29) is 5.54 Å². The van der Waals surface area contributed by atoms with Gasteiger partial charge in [0.2, 0.25) is 5.91 Å². The molecule has 1 saturated carbocycles. The van der Waals surface area contributed by atoms with Crippen molar-refractivity contribution in [3.63, 3.8) is 0 Å². The molecular weight excluding hydrogens is 312 g/mol. The maximum absolute atomic E-state index is 12.7. The molecule has 1 spiro atoms. The summed E-state index contributed by atoms with van der Waals surface area (Å²) in [6.45, 7) is 6.51. The highest BCUT2D eigenvalue weighted by molar-refractivity contribution is 5.81. The Morgan fingerprint density at radius 3 is 2.56 bits per heavy atom. The molecule has 5 heteroatoms. The van der Waals surface area contributed by atoms with Gasteiger partial charge in [0.1, 0.15) is 0 Å². The largest absolute Gasteiger partial charge is 0.337 e. The molecule has 3 heterocycles. The van der Waals surface area contributed by atoms with Crippen molar-refractivity contribution in [3.8, 4) is 0 Å². The summed E-state index contributed by atoms with van der Waals surface area (Å²) in [6, 6.07) is 0. The van der Waals surface area contributed by atoms with Crippen LogP contribution >= 0.6 is 0 Å². The first-order valence-corrected chi connectivity index (χ1v) is 10.1. The van der Waals surface area contributed by atoms with E-state index in [4.69, 9.17) is 0 Å². The predicted molar refractivity (Wildman–Crippen MR) is 98.3 cm³/mol. The number of piperidine rings is 1. The third kappa shape index (κ3) is 3.01. The van der Waals surface area contributed by atoms with Gasteiger partial charge in [0, 0.05) is 51.8 Å². The van der Waals surface area contributed by atoms with Crippen LogP contribution in [0.3, 0.4) is 0 Å². The van der Waals surface area contributed by atoms with Gasteiger partial charge in [-0.1, -0.05) is 12.8 Å². The van der Waals surface area contributed by atoms with Gasteiger partial charge in [0.05, 0.1) is 11.7 Å². The Kier molecular flexibility index (Phi) is 4.61. The summed E-state index contributed by atoms with van der Waals surface area (Å²) in [7, 11) is 1.97. The second-order valence-electron chi connectivity index (χ2n) is 8.40. The van der Waals surface area contributed by atoms with Crippen LogP contribution in [0.15, 0.2) is 12.4 Å². The smallest absolute Gasteiger partial charge is 0.223 e. The van der Waals surface area contributed by atoms with Crippen LogP contribution in [0.2, 0.25) is 0 Å². The molecule has 1 unspecified atom stereocenters. The molecule has 2 saturated heterocycles. The molecule has 0 aromatic carbocycles. The summed E-state index contributed by atoms with van der Waals surface area (Å²) in [4.78, 5) is 17.6. The van der Waals surface area contributed by atoms with Crippen molar-refractivity contribution in [2.45, 2.75) is 63.3 Å². The topological polar surface area (TPSA) is 41.4 Å². The van der Waals surface area contributed by atoms with Crippen molar-refractivity contribution < 1.29 is 4.79 Å². The van der Waals surface area contributed by atoms with Crippen LogP contribution in [0.5, 0.6) is 0 Å². The van der Waals surface area contributed by atoms with Crippen molar-refractivity contribution in [2.75, 3.05) is 26.2 Å². The lowest BCUT2D eigenvalue weighted by molar-refractivity contribution is -0.132. The second kappa shape index (κ2) is 6.75. The molecule has 0 radical (unpaired) electrons. The maximum atomic E-state index is 12.7. The Balaban J connectivity index is 1.51. The Morgan fingerprint density at radius 2 is 1.96 bits per heavy atom. The minimum atomic E-state index is 0.0149. The number of amides is 1. The number of carbonyl (C=O) groups is 1. The average molecular weight is 345 g/mol. The molecule has 4 rings (SSSR count). The zero-order valence-corrected chi connectivity index (χ0v) is 15.8. The summed E-state index contributed by atoms with van der Waals surface area (Å²) in [5.41, 5.74) is 1.26. The fourth-order valence-electron chi connectivity index (χ4n) is 5.75. The molecule has 138 valence electrons. The highest BCUT2D eigenvalue weighted by atomic mass is 16.2. The van der Waals surface area contributed by atoms with Gasteiger partial charge in [-0.2, -0.15) is 5.10 Å². The van der Waals surface area contributed by atoms with Gasteiger partial charge in [-0.25, -0.2) is 0 Å². The van der Waals surface area contributed by atoms with Crippen LogP contribution in [0.4, 0.5) is 0 Å². The molecule has 5 nitrogen and oxygen atoms in total. The van der Waals surface area contributed by atoms with Crippen molar-refractivity contribution in [1.29, 1.82) is 0 Å². The lowest BCUT2D eigenvalue weighted by Gasteiger charge is -2.48. The Bertz CT molecular complexity index is 611. The van der Waals surface area contributed by atoms with Gasteiger partial charge in [-0.15, -0.1) is 0 Å². The van der Waals surface area contributed by atoms with E-state index < -0.39 is 0 Å². The summed E-state index contributed by atoms with van der Waals surface area (Å²) < 4.78 is 1.87. The molecule has 2 aliphatic heterocycles. The standard InChI is InChI=1S/C20H32N4O/c1-3-24-19(25)12-18(17-13-21-22(2)15-17)20(24)8-10-23(11-9-20)14-16-6-4-5-7-16/h13,15-16,18H,3-12,14H2,1-2H3. The quantitative estimate of drug-likeness (QED) is 0.843. The first-order chi connectivity index (χ1) is 12.1. The lowest BCUT2D eigenvalue weighted by Crippen LogP contribution is -2.55. The summed E-state index contributed by atoms with van der Waals surface area (Å²) in [5.74, 6) is 1.55. The lowest BCUT2D eigenvalue weighted by atomic mass is 9.74. The number of hydrogen-bond acceptors (Lipinski definition) is 3. The summed E-state index contributed by atoms with van der Waals surface area (Å²) >= 11 is 0. The maximum Gasteiger partial charge on any atom is 0.223 e. The van der Waals surface area contributed by atoms with Gasteiger partial charge < -0.3 is 9.80 Å². The van der Waals surface area contributed by atoms with Crippen LogP contribution < -0.4 is 0 Å². The van der Waals surface area contributed by atoms with Gasteiger partial charge in [-0.3, -0.25) is 9.48 Å². The molecular formula is C20H32N4O. The van der Waals surface area contributed by atoms with Gasteiger partial charge in [0.25, 0.3) is 0 Å². The minimum absolute atomic E-state index is 0.0149. The molecule has 1 aromatic rings. The number of hydrogen-bond donors (Lipinski definition) is 0. The van der Waals surface area contributed by atoms with E-state index in [1.54, 1.807) is 0 Å². The molecule has 3 fully saturated rings. The van der Waals surface area contributed by atoms with E-state index in [1.165, 1.54) is 37.8 Å². The first kappa shape index (κ1) is 17.1. The number of carbonyl (C=O) groups excluding carboxylic acids is 1. The SMILES string of the molecule is CCN1C(=O)CC(c2cnn(C)c2)C12CCN(CC1CCCC1)CC2. The number of nitrogens with zero attached hydrogens (tertiary/aromatic N) is 4. The number of rotatable bonds is 4. The Hall–Kier alpha value is -1.36. The van der Waals surface area contributed by atoms with E-state index in [1.807, 2.05) is 17.9 Å². The monoisotopic (exact) mass is 344 g/mol. The van der Waals surface area contributed by atoms with Crippen LogP contribution in [0, 0.1) is 5.92 Å². The van der Waals surface area contributed by atoms with E-state index in [9.17, 15) is 4.79 Å². The third-order valence-electron chi connectivity index (χ3n) is 7.02. The number of aromatic nitrogens is 2. The molecule has 1 aromatic heterocycles. The molecule has 1 atom stereocenters. The molecule has 0 bridgehead atoms. The molecule has 25 heavy (non-hydrogen) atoms. The zero-order chi connectivity index (χ0) is 17.4. The number of likely N-dealkylation sites (N-methyl/N-ethyl adjacent to an activating group) is 1. The highest BCUT2D eigenvalue weighted by Gasteiger charge is 2.53. The van der Waals surface area contributed by atoms with E-state index in [0.717, 1.165) is 38.4 Å². The minimum Gasteiger partial charge on any atom is -0.337 e. The highest BCUT2D eigenvalue weighted by Crippen LogP contribution is 2.48. The second-order valence-corrected chi connectivity index (χ2v) is 8.40. The van der Waals surface area contributed by atoms with E-state index >= 15 is 0 Å². The first-order valence-electron chi connectivity index (χ1n) is 10.1. The number of aryl methyl sites for hydroxylation is 1. The molecule has 1 amide bonds. The molecule has 1 aliphatic carbocycles. The average Bonchev–Trinajstić information content (AvgIpc) is 3.31.